The minimum absolute atomic E-state index is 0.0875. The number of nitrogens with one attached hydrogen (secondary N) is 2. The van der Waals surface area contributed by atoms with E-state index in [0.717, 1.165) is 25.7 Å². The Morgan fingerprint density at radius 2 is 1.81 bits per heavy atom. The summed E-state index contributed by atoms with van der Waals surface area (Å²) in [6.07, 6.45) is 1.63. The zero-order valence-corrected chi connectivity index (χ0v) is 31.9. The Morgan fingerprint density at radius 3 is 2.47 bits per heavy atom. The molecule has 2 aliphatic rings. The Bertz CT molecular complexity index is 1910. The number of amides is 2. The van der Waals surface area contributed by atoms with Gasteiger partial charge in [0.15, 0.2) is 16.6 Å². The number of rotatable bonds is 14. The summed E-state index contributed by atoms with van der Waals surface area (Å²) in [5.74, 6) is 0.00998. The molecule has 2 amide bonds. The van der Waals surface area contributed by atoms with E-state index in [9.17, 15) is 31.2 Å². The number of sulfonamides is 1. The van der Waals surface area contributed by atoms with E-state index in [4.69, 9.17) is 21.1 Å². The topological polar surface area (TPSA) is 158 Å². The molecule has 1 aliphatic carbocycles. The lowest BCUT2D eigenvalue weighted by Gasteiger charge is -2.33. The third-order valence-corrected chi connectivity index (χ3v) is 10.8. The van der Waals surface area contributed by atoms with Gasteiger partial charge in [-0.15, -0.1) is 0 Å². The van der Waals surface area contributed by atoms with Crippen LogP contribution in [0.5, 0.6) is 5.75 Å². The summed E-state index contributed by atoms with van der Waals surface area (Å²) in [5.41, 5.74) is -2.76. The minimum atomic E-state index is -4.40. The summed E-state index contributed by atoms with van der Waals surface area (Å²) >= 11 is 6.25. The largest absolute Gasteiger partial charge is 0.490 e. The average molecular weight is 784 g/mol. The van der Waals surface area contributed by atoms with Crippen LogP contribution in [0.2, 0.25) is 5.15 Å². The van der Waals surface area contributed by atoms with E-state index in [1.54, 1.807) is 6.07 Å². The number of nitrogens with zero attached hydrogens (tertiary/aromatic N) is 5. The van der Waals surface area contributed by atoms with Crippen molar-refractivity contribution in [2.24, 2.45) is 11.3 Å². The molecule has 3 aromatic heterocycles. The fourth-order valence-electron chi connectivity index (χ4n) is 6.30. The first-order valence-corrected chi connectivity index (χ1v) is 19.2. The maximum atomic E-state index is 13.2. The smallest absolute Gasteiger partial charge is 0.410 e. The fourth-order valence-corrected chi connectivity index (χ4v) is 7.47. The number of pyridine rings is 2. The molecule has 1 atom stereocenters. The molecule has 5 rings (SSSR count). The molecule has 0 radical (unpaired) electrons. The van der Waals surface area contributed by atoms with Gasteiger partial charge in [0.05, 0.1) is 30.0 Å². The quantitative estimate of drug-likeness (QED) is 0.127. The van der Waals surface area contributed by atoms with Crippen LogP contribution in [0.3, 0.4) is 0 Å². The highest BCUT2D eigenvalue weighted by molar-refractivity contribution is 7.90. The summed E-state index contributed by atoms with van der Waals surface area (Å²) in [7, 11) is -4.40. The minimum Gasteiger partial charge on any atom is -0.490 e. The van der Waals surface area contributed by atoms with Gasteiger partial charge in [0.25, 0.3) is 15.9 Å². The average Bonchev–Trinajstić information content (AvgIpc) is 3.59. The van der Waals surface area contributed by atoms with Crippen LogP contribution in [-0.4, -0.2) is 82.1 Å². The molecule has 0 bridgehead atoms. The monoisotopic (exact) mass is 783 g/mol. The van der Waals surface area contributed by atoms with Crippen molar-refractivity contribution in [3.05, 3.63) is 53.4 Å². The van der Waals surface area contributed by atoms with Gasteiger partial charge in [-0.05, 0) is 103 Å². The SMILES string of the molecule is CC(C)(C)OC(=O)N1CC(CCCCNc2cccc(S(=O)(=O)NC(=O)c3ccc(-n4cc(OCCC5(C(F)(F)F)CC5)cn4)nc3Cl)n2)CC1(C)C. The van der Waals surface area contributed by atoms with Gasteiger partial charge in [0.2, 0.25) is 0 Å². The Hall–Kier alpha value is -4.12. The molecule has 290 valence electrons. The number of ether oxygens (including phenoxy) is 2. The van der Waals surface area contributed by atoms with Gasteiger partial charge in [0, 0.05) is 18.6 Å². The maximum absolute atomic E-state index is 13.2. The summed E-state index contributed by atoms with van der Waals surface area (Å²) < 4.78 is 79.9. The molecule has 1 aliphatic heterocycles. The number of alkyl halides is 3. The first-order chi connectivity index (χ1) is 24.7. The van der Waals surface area contributed by atoms with Crippen LogP contribution in [0.4, 0.5) is 23.8 Å². The van der Waals surface area contributed by atoms with Crippen molar-refractivity contribution in [2.75, 3.05) is 25.0 Å². The molecule has 18 heteroatoms. The predicted molar refractivity (Wildman–Crippen MR) is 191 cm³/mol. The molecular weight excluding hydrogens is 739 g/mol. The summed E-state index contributed by atoms with van der Waals surface area (Å²) in [6, 6.07) is 7.03. The highest BCUT2D eigenvalue weighted by Gasteiger charge is 2.62. The third-order valence-electron chi connectivity index (χ3n) is 9.32. The summed E-state index contributed by atoms with van der Waals surface area (Å²) in [4.78, 5) is 35.8. The van der Waals surface area contributed by atoms with Crippen molar-refractivity contribution in [2.45, 2.75) is 102 Å². The molecule has 1 saturated carbocycles. The van der Waals surface area contributed by atoms with Crippen molar-refractivity contribution in [3.8, 4) is 11.6 Å². The van der Waals surface area contributed by atoms with E-state index < -0.39 is 33.1 Å². The lowest BCUT2D eigenvalue weighted by Crippen LogP contribution is -2.45. The zero-order valence-electron chi connectivity index (χ0n) is 30.3. The van der Waals surface area contributed by atoms with Gasteiger partial charge in [-0.25, -0.2) is 24.2 Å². The molecule has 2 N–H and O–H groups in total. The highest BCUT2D eigenvalue weighted by Crippen LogP contribution is 2.59. The van der Waals surface area contributed by atoms with Gasteiger partial charge >= 0.3 is 12.3 Å². The number of halogens is 4. The Morgan fingerprint density at radius 1 is 1.08 bits per heavy atom. The summed E-state index contributed by atoms with van der Waals surface area (Å²) in [6.45, 7) is 10.7. The van der Waals surface area contributed by atoms with Gasteiger partial charge in [0.1, 0.15) is 16.6 Å². The zero-order chi connectivity index (χ0) is 38.8. The standard InChI is InChI=1S/C35H45ClF3N7O6S/c1-32(2,3)52-31(48)45-21-23(19-33(45,4)5)9-6-7-17-40-26-10-8-11-28(42-26)53(49,50)44-30(47)25-12-13-27(43-29(25)36)46-22-24(20-41-46)51-18-16-34(14-15-34)35(37,38)39/h8,10-13,20,22-23H,6-7,9,14-19,21H2,1-5H3,(H,40,42)(H,44,47). The third kappa shape index (κ3) is 10.1. The van der Waals surface area contributed by atoms with Gasteiger partial charge < -0.3 is 19.7 Å². The van der Waals surface area contributed by atoms with E-state index in [-0.39, 0.29) is 64.8 Å². The van der Waals surface area contributed by atoms with Crippen LogP contribution >= 0.6 is 11.6 Å². The van der Waals surface area contributed by atoms with E-state index in [0.29, 0.717) is 24.8 Å². The van der Waals surface area contributed by atoms with Crippen molar-refractivity contribution in [1.29, 1.82) is 0 Å². The maximum Gasteiger partial charge on any atom is 0.410 e. The van der Waals surface area contributed by atoms with Gasteiger partial charge in [-0.1, -0.05) is 24.1 Å². The van der Waals surface area contributed by atoms with E-state index in [2.05, 4.69) is 20.4 Å². The molecule has 0 spiro atoms. The van der Waals surface area contributed by atoms with E-state index >= 15 is 0 Å². The van der Waals surface area contributed by atoms with Crippen molar-refractivity contribution < 1.29 is 40.7 Å². The second kappa shape index (κ2) is 15.3. The summed E-state index contributed by atoms with van der Waals surface area (Å²) in [5, 5.41) is 6.53. The second-order valence-electron chi connectivity index (χ2n) is 15.2. The number of hydrogen-bond acceptors (Lipinski definition) is 10. The molecule has 1 unspecified atom stereocenters. The van der Waals surface area contributed by atoms with Crippen LogP contribution in [0.1, 0.15) is 89.9 Å². The molecule has 53 heavy (non-hydrogen) atoms. The first kappa shape index (κ1) is 40.1. The number of anilines is 1. The van der Waals surface area contributed by atoms with Crippen LogP contribution in [0.15, 0.2) is 47.8 Å². The molecule has 1 saturated heterocycles. The van der Waals surface area contributed by atoms with Gasteiger partial charge in [-0.3, -0.25) is 4.79 Å². The molecule has 3 aromatic rings. The van der Waals surface area contributed by atoms with Crippen molar-refractivity contribution in [1.82, 2.24) is 29.4 Å². The number of carbonyl (C=O) groups is 2. The molecule has 4 heterocycles. The number of unbranched alkanes of at least 4 members (excludes halogenated alkanes) is 1. The molecule has 13 nitrogen and oxygen atoms in total. The molecule has 2 fully saturated rings. The Kier molecular flexibility index (Phi) is 11.6. The second-order valence-corrected chi connectivity index (χ2v) is 17.2. The Labute approximate surface area is 312 Å². The van der Waals surface area contributed by atoms with E-state index in [1.807, 2.05) is 44.2 Å². The lowest BCUT2D eigenvalue weighted by atomic mass is 9.93. The van der Waals surface area contributed by atoms with Crippen molar-refractivity contribution in [3.63, 3.8) is 0 Å². The number of likely N-dealkylation sites (tertiary alicyclic amines) is 1. The van der Waals surface area contributed by atoms with Crippen LogP contribution in [0.25, 0.3) is 5.82 Å². The Balaban J connectivity index is 1.09. The molecule has 0 aromatic carbocycles. The van der Waals surface area contributed by atoms with E-state index in [1.165, 1.54) is 41.3 Å². The van der Waals surface area contributed by atoms with Gasteiger partial charge in [-0.2, -0.15) is 26.7 Å². The van der Waals surface area contributed by atoms with Crippen molar-refractivity contribution >= 4 is 39.4 Å². The first-order valence-electron chi connectivity index (χ1n) is 17.4. The number of carbonyl (C=O) groups excluding carboxylic acids is 2. The van der Waals surface area contributed by atoms with Crippen LogP contribution in [0, 0.1) is 11.3 Å². The van der Waals surface area contributed by atoms with Crippen LogP contribution < -0.4 is 14.8 Å². The lowest BCUT2D eigenvalue weighted by molar-refractivity contribution is -0.190. The number of aromatic nitrogens is 4. The number of hydrogen-bond donors (Lipinski definition) is 2. The highest BCUT2D eigenvalue weighted by atomic mass is 35.5. The molecular formula is C35H45ClF3N7O6S. The normalized spacial score (nSPS) is 18.1. The fraction of sp³-hybridized carbons (Fsp3) is 0.571. The van der Waals surface area contributed by atoms with Crippen LogP contribution in [-0.2, 0) is 14.8 Å². The predicted octanol–water partition coefficient (Wildman–Crippen LogP) is 7.16.